The maximum atomic E-state index is 12.6. The topological polar surface area (TPSA) is 130 Å². The first-order valence-corrected chi connectivity index (χ1v) is 10.2. The van der Waals surface area contributed by atoms with Gasteiger partial charge in [-0.1, -0.05) is 0 Å². The number of H-pyrrole nitrogens is 1. The van der Waals surface area contributed by atoms with E-state index in [4.69, 9.17) is 9.15 Å². The van der Waals surface area contributed by atoms with Crippen LogP contribution in [0.15, 0.2) is 38.4 Å². The number of oxazole rings is 1. The Morgan fingerprint density at radius 1 is 1.21 bits per heavy atom. The van der Waals surface area contributed by atoms with E-state index in [2.05, 4.69) is 19.7 Å². The average molecular weight is 405 g/mol. The molecule has 0 amide bonds. The van der Waals surface area contributed by atoms with Gasteiger partial charge in [0, 0.05) is 18.8 Å². The lowest BCUT2D eigenvalue weighted by Crippen LogP contribution is -2.37. The van der Waals surface area contributed by atoms with Crippen LogP contribution in [0.1, 0.15) is 11.4 Å². The maximum absolute atomic E-state index is 12.6. The SMILES string of the molecule is Cc1cc(CNS(=O)(=O)c2ccc3oc(=O)[nH]c3c2)nc(N2CCOCC2)n1. The second kappa shape index (κ2) is 7.34. The molecule has 0 aliphatic carbocycles. The lowest BCUT2D eigenvalue weighted by atomic mass is 10.3. The van der Waals surface area contributed by atoms with E-state index in [1.165, 1.54) is 18.2 Å². The molecule has 2 N–H and O–H groups in total. The van der Waals surface area contributed by atoms with Gasteiger partial charge in [0.1, 0.15) is 0 Å². The van der Waals surface area contributed by atoms with E-state index < -0.39 is 15.8 Å². The number of ether oxygens (including phenoxy) is 1. The molecule has 0 radical (unpaired) electrons. The first kappa shape index (κ1) is 18.6. The Morgan fingerprint density at radius 2 is 2.00 bits per heavy atom. The first-order valence-electron chi connectivity index (χ1n) is 8.70. The number of hydrogen-bond donors (Lipinski definition) is 2. The minimum atomic E-state index is -3.80. The van der Waals surface area contributed by atoms with Crippen LogP contribution in [-0.4, -0.2) is 49.7 Å². The summed E-state index contributed by atoms with van der Waals surface area (Å²) in [6.07, 6.45) is 0. The number of rotatable bonds is 5. The van der Waals surface area contributed by atoms with E-state index in [-0.39, 0.29) is 11.4 Å². The molecule has 0 atom stereocenters. The van der Waals surface area contributed by atoms with Crippen LogP contribution in [0.5, 0.6) is 0 Å². The third kappa shape index (κ3) is 3.91. The highest BCUT2D eigenvalue weighted by Crippen LogP contribution is 2.17. The summed E-state index contributed by atoms with van der Waals surface area (Å²) in [4.78, 5) is 24.6. The van der Waals surface area contributed by atoms with Gasteiger partial charge in [-0.05, 0) is 31.2 Å². The van der Waals surface area contributed by atoms with Gasteiger partial charge in [0.05, 0.1) is 35.9 Å². The third-order valence-corrected chi connectivity index (χ3v) is 5.73. The molecule has 0 spiro atoms. The van der Waals surface area contributed by atoms with Crippen LogP contribution >= 0.6 is 0 Å². The molecule has 1 saturated heterocycles. The van der Waals surface area contributed by atoms with Crippen LogP contribution < -0.4 is 15.4 Å². The Bertz CT molecular complexity index is 1160. The molecule has 11 heteroatoms. The normalized spacial score (nSPS) is 15.2. The van der Waals surface area contributed by atoms with E-state index in [9.17, 15) is 13.2 Å². The fourth-order valence-corrected chi connectivity index (χ4v) is 3.99. The van der Waals surface area contributed by atoms with Gasteiger partial charge >= 0.3 is 5.76 Å². The first-order chi connectivity index (χ1) is 13.4. The highest BCUT2D eigenvalue weighted by atomic mass is 32.2. The summed E-state index contributed by atoms with van der Waals surface area (Å²) in [6.45, 7) is 4.46. The van der Waals surface area contributed by atoms with Crippen LogP contribution in [0, 0.1) is 6.92 Å². The predicted molar refractivity (Wildman–Crippen MR) is 101 cm³/mol. The van der Waals surface area contributed by atoms with Crippen LogP contribution in [0.4, 0.5) is 5.95 Å². The lowest BCUT2D eigenvalue weighted by Gasteiger charge is -2.27. The molecule has 0 saturated carbocycles. The molecule has 148 valence electrons. The summed E-state index contributed by atoms with van der Waals surface area (Å²) >= 11 is 0. The number of aryl methyl sites for hydroxylation is 1. The average Bonchev–Trinajstić information content (AvgIpc) is 3.06. The zero-order chi connectivity index (χ0) is 19.7. The zero-order valence-electron chi connectivity index (χ0n) is 15.1. The molecule has 10 nitrogen and oxygen atoms in total. The fraction of sp³-hybridized carbons (Fsp3) is 0.353. The second-order valence-electron chi connectivity index (χ2n) is 6.40. The molecule has 3 heterocycles. The summed E-state index contributed by atoms with van der Waals surface area (Å²) in [5.74, 6) is -0.0699. The van der Waals surface area contributed by atoms with E-state index >= 15 is 0 Å². The summed E-state index contributed by atoms with van der Waals surface area (Å²) in [6, 6.07) is 5.91. The quantitative estimate of drug-likeness (QED) is 0.629. The number of aromatic amines is 1. The molecular formula is C17H19N5O5S. The maximum Gasteiger partial charge on any atom is 0.417 e. The van der Waals surface area contributed by atoms with Crippen molar-refractivity contribution in [2.75, 3.05) is 31.2 Å². The van der Waals surface area contributed by atoms with Crippen LogP contribution in [-0.2, 0) is 21.3 Å². The molecule has 1 aliphatic heterocycles. The molecular weight excluding hydrogens is 386 g/mol. The third-order valence-electron chi connectivity index (χ3n) is 4.33. The number of nitrogens with zero attached hydrogens (tertiary/aromatic N) is 3. The number of fused-ring (bicyclic) bond motifs is 1. The van der Waals surface area contributed by atoms with Crippen molar-refractivity contribution in [3.8, 4) is 0 Å². The predicted octanol–water partition coefficient (Wildman–Crippen LogP) is 0.535. The van der Waals surface area contributed by atoms with Crippen molar-refractivity contribution in [2.45, 2.75) is 18.4 Å². The molecule has 3 aromatic rings. The monoisotopic (exact) mass is 405 g/mol. The number of nitrogens with one attached hydrogen (secondary N) is 2. The Kier molecular flexibility index (Phi) is 4.87. The van der Waals surface area contributed by atoms with E-state index in [0.29, 0.717) is 49.0 Å². The number of anilines is 1. The van der Waals surface area contributed by atoms with E-state index in [1.807, 2.05) is 11.8 Å². The van der Waals surface area contributed by atoms with Crippen LogP contribution in [0.3, 0.4) is 0 Å². The highest BCUT2D eigenvalue weighted by Gasteiger charge is 2.18. The number of aromatic nitrogens is 3. The van der Waals surface area contributed by atoms with Crippen molar-refractivity contribution >= 4 is 27.1 Å². The molecule has 4 rings (SSSR count). The van der Waals surface area contributed by atoms with Crippen LogP contribution in [0.2, 0.25) is 0 Å². The molecule has 0 bridgehead atoms. The number of sulfonamides is 1. The van der Waals surface area contributed by atoms with Gasteiger partial charge < -0.3 is 14.1 Å². The summed E-state index contributed by atoms with van der Waals surface area (Å²) in [5.41, 5.74) is 1.93. The summed E-state index contributed by atoms with van der Waals surface area (Å²) in [5, 5.41) is 0. The second-order valence-corrected chi connectivity index (χ2v) is 8.16. The van der Waals surface area contributed by atoms with Gasteiger partial charge in [-0.15, -0.1) is 0 Å². The molecule has 0 unspecified atom stereocenters. The lowest BCUT2D eigenvalue weighted by molar-refractivity contribution is 0.122. The fourth-order valence-electron chi connectivity index (χ4n) is 2.96. The van der Waals surface area contributed by atoms with Gasteiger partial charge in [-0.2, -0.15) is 0 Å². The van der Waals surface area contributed by atoms with Crippen molar-refractivity contribution in [3.05, 3.63) is 46.2 Å². The minimum absolute atomic E-state index is 0.0168. The standard InChI is InChI=1S/C17H19N5O5S/c1-11-8-12(20-16(19-11)22-4-6-26-7-5-22)10-18-28(24,25)13-2-3-15-14(9-13)21-17(23)27-15/h2-3,8-9,18H,4-7,10H2,1H3,(H,21,23). The van der Waals surface area contributed by atoms with Gasteiger partial charge in [0.25, 0.3) is 0 Å². The number of morpholine rings is 1. The van der Waals surface area contributed by atoms with Crippen molar-refractivity contribution in [1.82, 2.24) is 19.7 Å². The Balaban J connectivity index is 1.53. The smallest absolute Gasteiger partial charge is 0.408 e. The van der Waals surface area contributed by atoms with Crippen molar-refractivity contribution in [2.24, 2.45) is 0 Å². The van der Waals surface area contributed by atoms with Crippen molar-refractivity contribution in [3.63, 3.8) is 0 Å². The van der Waals surface area contributed by atoms with Crippen molar-refractivity contribution in [1.29, 1.82) is 0 Å². The highest BCUT2D eigenvalue weighted by molar-refractivity contribution is 7.89. The Morgan fingerprint density at radius 3 is 2.79 bits per heavy atom. The molecule has 28 heavy (non-hydrogen) atoms. The molecule has 1 aliphatic rings. The zero-order valence-corrected chi connectivity index (χ0v) is 16.0. The summed E-state index contributed by atoms with van der Waals surface area (Å²) in [7, 11) is -3.80. The van der Waals surface area contributed by atoms with E-state index in [1.54, 1.807) is 6.07 Å². The molecule has 2 aromatic heterocycles. The van der Waals surface area contributed by atoms with E-state index in [0.717, 1.165) is 5.69 Å². The van der Waals surface area contributed by atoms with Crippen LogP contribution in [0.25, 0.3) is 11.1 Å². The number of benzene rings is 1. The largest absolute Gasteiger partial charge is 0.417 e. The molecule has 1 fully saturated rings. The van der Waals surface area contributed by atoms with Gasteiger partial charge in [-0.3, -0.25) is 4.98 Å². The van der Waals surface area contributed by atoms with Gasteiger partial charge in [0.15, 0.2) is 5.58 Å². The molecule has 1 aromatic carbocycles. The van der Waals surface area contributed by atoms with Gasteiger partial charge in [0.2, 0.25) is 16.0 Å². The summed E-state index contributed by atoms with van der Waals surface area (Å²) < 4.78 is 38.0. The Labute approximate surface area is 160 Å². The van der Waals surface area contributed by atoms with Gasteiger partial charge in [-0.25, -0.2) is 27.9 Å². The minimum Gasteiger partial charge on any atom is -0.408 e. The Hall–Kier alpha value is -2.76. The number of hydrogen-bond acceptors (Lipinski definition) is 8. The van der Waals surface area contributed by atoms with Crippen molar-refractivity contribution < 1.29 is 17.6 Å².